The molecule has 0 amide bonds. The van der Waals surface area contributed by atoms with Crippen molar-refractivity contribution in [2.45, 2.75) is 68.0 Å². The second kappa shape index (κ2) is 10.9. The molecule has 4 rings (SSSR count). The molecule has 2 fully saturated rings. The molecule has 0 radical (unpaired) electrons. The first-order valence-electron chi connectivity index (χ1n) is 11.2. The van der Waals surface area contributed by atoms with Crippen LogP contribution in [0.3, 0.4) is 0 Å². The minimum atomic E-state index is -2.91. The van der Waals surface area contributed by atoms with E-state index in [2.05, 4.69) is 0 Å². The van der Waals surface area contributed by atoms with Gasteiger partial charge in [-0.15, -0.1) is 4.89 Å². The van der Waals surface area contributed by atoms with Crippen LogP contribution >= 0.6 is 0 Å². The number of aliphatic hydroxyl groups excluding tert-OH is 8. The Kier molecular flexibility index (Phi) is 8.15. The van der Waals surface area contributed by atoms with Crippen LogP contribution in [-0.4, -0.2) is 115 Å². The normalized spacial score (nSPS) is 38.6. The summed E-state index contributed by atoms with van der Waals surface area (Å²) < 4.78 is 21.3. The van der Waals surface area contributed by atoms with Gasteiger partial charge in [-0.2, -0.15) is 0 Å². The third-order valence-corrected chi connectivity index (χ3v) is 6.22. The lowest BCUT2D eigenvalue weighted by Crippen LogP contribution is -2.70. The van der Waals surface area contributed by atoms with Gasteiger partial charge in [0.15, 0.2) is 18.1 Å². The predicted molar refractivity (Wildman–Crippen MR) is 116 cm³/mol. The lowest BCUT2D eigenvalue weighted by molar-refractivity contribution is -0.552. The average Bonchev–Trinajstić information content (AvgIpc) is 2.88. The van der Waals surface area contributed by atoms with Crippen molar-refractivity contribution in [3.05, 3.63) is 40.2 Å². The van der Waals surface area contributed by atoms with Gasteiger partial charge in [-0.25, -0.2) is 4.79 Å². The number of aryl methyl sites for hydroxylation is 1. The number of aliphatic hydroxyl groups is 8. The maximum Gasteiger partial charge on any atom is 0.354 e. The highest BCUT2D eigenvalue weighted by Gasteiger charge is 2.60. The minimum absolute atomic E-state index is 0.115. The topological polar surface area (TPSA) is 238 Å². The fourth-order valence-corrected chi connectivity index (χ4v) is 4.09. The SMILES string of the molecule is Cc1cc(=O)oc2cc(OOC3(OC4O[C@H](CO)[C@@H](O)[C@H](O)[C@H]4O)O[C@H](CO)[C@@H](O)[C@H](O)[C@H]3O)ccc12. The van der Waals surface area contributed by atoms with Crippen molar-refractivity contribution in [3.63, 3.8) is 0 Å². The van der Waals surface area contributed by atoms with E-state index < -0.39 is 79.9 Å². The molecule has 10 atom stereocenters. The molecular weight excluding hydrogens is 504 g/mol. The molecule has 0 aliphatic carbocycles. The lowest BCUT2D eigenvalue weighted by Gasteiger charge is -2.48. The second-order valence-corrected chi connectivity index (χ2v) is 8.76. The van der Waals surface area contributed by atoms with Crippen molar-refractivity contribution in [2.24, 2.45) is 0 Å². The molecule has 15 heteroatoms. The zero-order chi connectivity index (χ0) is 27.1. The van der Waals surface area contributed by atoms with Gasteiger partial charge in [0, 0.05) is 17.5 Å². The fourth-order valence-electron chi connectivity index (χ4n) is 4.09. The van der Waals surface area contributed by atoms with Crippen LogP contribution < -0.4 is 10.5 Å². The van der Waals surface area contributed by atoms with Crippen LogP contribution in [0.15, 0.2) is 33.5 Å². The molecule has 3 heterocycles. The lowest BCUT2D eigenvalue weighted by atomic mass is 9.97. The van der Waals surface area contributed by atoms with Crippen LogP contribution in [-0.2, 0) is 19.1 Å². The molecule has 2 aromatic rings. The predicted octanol–water partition coefficient (Wildman–Crippen LogP) is -3.64. The van der Waals surface area contributed by atoms with Gasteiger partial charge in [0.25, 0.3) is 0 Å². The summed E-state index contributed by atoms with van der Waals surface area (Å²) in [5.74, 6) is -3.03. The smallest absolute Gasteiger partial charge is 0.354 e. The average molecular weight is 532 g/mol. The van der Waals surface area contributed by atoms with E-state index in [1.54, 1.807) is 6.92 Å². The first kappa shape index (κ1) is 27.8. The first-order chi connectivity index (χ1) is 17.5. The molecule has 0 saturated carbocycles. The van der Waals surface area contributed by atoms with Crippen molar-refractivity contribution in [3.8, 4) is 5.75 Å². The van der Waals surface area contributed by atoms with Crippen molar-refractivity contribution in [2.75, 3.05) is 13.2 Å². The van der Waals surface area contributed by atoms with E-state index in [0.717, 1.165) is 0 Å². The van der Waals surface area contributed by atoms with E-state index in [9.17, 15) is 45.6 Å². The summed E-state index contributed by atoms with van der Waals surface area (Å²) >= 11 is 0. The van der Waals surface area contributed by atoms with Gasteiger partial charge in [-0.3, -0.25) is 4.74 Å². The molecule has 1 aromatic heterocycles. The van der Waals surface area contributed by atoms with Crippen molar-refractivity contribution in [1.29, 1.82) is 0 Å². The Labute approximate surface area is 208 Å². The third-order valence-electron chi connectivity index (χ3n) is 6.22. The van der Waals surface area contributed by atoms with Gasteiger partial charge in [0.2, 0.25) is 0 Å². The fraction of sp³-hybridized carbons (Fsp3) is 0.591. The zero-order valence-corrected chi connectivity index (χ0v) is 19.4. The molecule has 2 saturated heterocycles. The van der Waals surface area contributed by atoms with Crippen molar-refractivity contribution < 1.29 is 69.3 Å². The quantitative estimate of drug-likeness (QED) is 0.0742. The minimum Gasteiger partial charge on any atom is -0.423 e. The first-order valence-corrected chi connectivity index (χ1v) is 11.2. The molecule has 37 heavy (non-hydrogen) atoms. The molecule has 8 N–H and O–H groups in total. The number of benzene rings is 1. The van der Waals surface area contributed by atoms with Gasteiger partial charge >= 0.3 is 11.6 Å². The zero-order valence-electron chi connectivity index (χ0n) is 19.4. The van der Waals surface area contributed by atoms with E-state index in [1.807, 2.05) is 0 Å². The summed E-state index contributed by atoms with van der Waals surface area (Å²) in [5, 5.41) is 81.3. The van der Waals surface area contributed by atoms with Gasteiger partial charge in [-0.05, 0) is 24.6 Å². The van der Waals surface area contributed by atoms with Gasteiger partial charge in [0.05, 0.1) is 13.2 Å². The number of hydrogen-bond donors (Lipinski definition) is 8. The highest BCUT2D eigenvalue weighted by molar-refractivity contribution is 5.81. The molecular formula is C22H28O15. The summed E-state index contributed by atoms with van der Waals surface area (Å²) in [7, 11) is 0. The highest BCUT2D eigenvalue weighted by atomic mass is 17.3. The number of rotatable bonds is 7. The Bertz CT molecular complexity index is 1130. The molecule has 2 unspecified atom stereocenters. The number of ether oxygens (including phenoxy) is 3. The van der Waals surface area contributed by atoms with Gasteiger partial charge in [-0.1, -0.05) is 0 Å². The Hall–Kier alpha value is -2.25. The van der Waals surface area contributed by atoms with E-state index in [4.69, 9.17) is 28.4 Å². The van der Waals surface area contributed by atoms with Crippen LogP contribution in [0.4, 0.5) is 0 Å². The number of hydrogen-bond acceptors (Lipinski definition) is 15. The molecule has 1 aromatic carbocycles. The molecule has 15 nitrogen and oxygen atoms in total. The summed E-state index contributed by atoms with van der Waals surface area (Å²) in [5.41, 5.74) is 0.110. The van der Waals surface area contributed by atoms with Crippen molar-refractivity contribution in [1.82, 2.24) is 0 Å². The monoisotopic (exact) mass is 532 g/mol. The summed E-state index contributed by atoms with van der Waals surface area (Å²) in [4.78, 5) is 22.2. The molecule has 0 bridgehead atoms. The molecule has 206 valence electrons. The Morgan fingerprint density at radius 3 is 2.24 bits per heavy atom. The maximum atomic E-state index is 11.7. The summed E-state index contributed by atoms with van der Waals surface area (Å²) in [6.45, 7) is -0.0110. The van der Waals surface area contributed by atoms with E-state index in [-0.39, 0.29) is 11.3 Å². The summed E-state index contributed by atoms with van der Waals surface area (Å²) in [6, 6.07) is 5.47. The maximum absolute atomic E-state index is 11.7. The van der Waals surface area contributed by atoms with Crippen LogP contribution in [0.1, 0.15) is 5.56 Å². The number of fused-ring (bicyclic) bond motifs is 1. The van der Waals surface area contributed by atoms with E-state index >= 15 is 0 Å². The third kappa shape index (κ3) is 5.22. The highest BCUT2D eigenvalue weighted by Crippen LogP contribution is 2.37. The Morgan fingerprint density at radius 2 is 1.57 bits per heavy atom. The Balaban J connectivity index is 1.66. The largest absolute Gasteiger partial charge is 0.423 e. The van der Waals surface area contributed by atoms with E-state index in [1.165, 1.54) is 24.3 Å². The second-order valence-electron chi connectivity index (χ2n) is 8.76. The van der Waals surface area contributed by atoms with Gasteiger partial charge < -0.3 is 59.6 Å². The van der Waals surface area contributed by atoms with Crippen LogP contribution in [0.5, 0.6) is 5.75 Å². The molecule has 2 aliphatic rings. The standard InChI is InChI=1S/C22H28O15/c1-8-4-14(25)32-11-5-9(2-3-10(8)11)36-37-22(20(31)18(29)16(27)13(7-24)34-22)35-21-19(30)17(28)15(26)12(6-23)33-21/h2-5,12-13,15-21,23-24,26-31H,6-7H2,1H3/t12-,13-,15-,16-,17+,18+,19-,20-,21?,22?/m1/s1. The summed E-state index contributed by atoms with van der Waals surface area (Å²) in [6.07, 6.45) is -16.7. The van der Waals surface area contributed by atoms with Crippen molar-refractivity contribution >= 4 is 11.0 Å². The van der Waals surface area contributed by atoms with Crippen LogP contribution in [0.2, 0.25) is 0 Å². The van der Waals surface area contributed by atoms with Crippen LogP contribution in [0.25, 0.3) is 11.0 Å². The molecule has 2 aliphatic heterocycles. The van der Waals surface area contributed by atoms with Gasteiger partial charge in [0.1, 0.15) is 48.3 Å². The molecule has 0 spiro atoms. The van der Waals surface area contributed by atoms with E-state index in [0.29, 0.717) is 10.9 Å². The van der Waals surface area contributed by atoms with Crippen LogP contribution in [0, 0.1) is 6.92 Å². The Morgan fingerprint density at radius 1 is 0.892 bits per heavy atom.